The third-order valence-electron chi connectivity index (χ3n) is 6.46. The number of ether oxygens (including phenoxy) is 1. The van der Waals surface area contributed by atoms with Gasteiger partial charge < -0.3 is 14.2 Å². The predicted octanol–water partition coefficient (Wildman–Crippen LogP) is 2.40. The number of hydrogen-bond donors (Lipinski definition) is 0. The van der Waals surface area contributed by atoms with Crippen molar-refractivity contribution in [1.29, 1.82) is 0 Å². The number of carbonyl (C=O) groups excluding carboxylic acids is 1. The first-order chi connectivity index (χ1) is 13.7. The SMILES string of the molecule is O=C([C@H]1Cn2ccnc2C2(CCN(Cc3ccccc3)CC2)O1)N1CCCC1. The number of carbonyl (C=O) groups is 1. The van der Waals surface area contributed by atoms with Gasteiger partial charge in [-0.05, 0) is 31.2 Å². The van der Waals surface area contributed by atoms with Crippen LogP contribution in [0.5, 0.6) is 0 Å². The Kier molecular flexibility index (Phi) is 4.69. The van der Waals surface area contributed by atoms with E-state index in [-0.39, 0.29) is 12.0 Å². The molecule has 3 aliphatic heterocycles. The minimum atomic E-state index is -0.436. The van der Waals surface area contributed by atoms with Crippen LogP contribution in [0.15, 0.2) is 42.7 Å². The van der Waals surface area contributed by atoms with E-state index in [4.69, 9.17) is 4.74 Å². The molecule has 5 rings (SSSR count). The molecule has 0 unspecified atom stereocenters. The van der Waals surface area contributed by atoms with Crippen LogP contribution in [0.2, 0.25) is 0 Å². The van der Waals surface area contributed by atoms with Crippen LogP contribution in [-0.2, 0) is 28.2 Å². The molecule has 0 bridgehead atoms. The van der Waals surface area contributed by atoms with E-state index in [0.717, 1.165) is 64.2 Å². The summed E-state index contributed by atoms with van der Waals surface area (Å²) in [4.78, 5) is 22.1. The van der Waals surface area contributed by atoms with Crippen LogP contribution in [0, 0.1) is 0 Å². The average Bonchev–Trinajstić information content (AvgIpc) is 3.42. The maximum atomic E-state index is 13.0. The van der Waals surface area contributed by atoms with E-state index in [1.54, 1.807) is 0 Å². The van der Waals surface area contributed by atoms with Gasteiger partial charge in [-0.2, -0.15) is 0 Å². The van der Waals surface area contributed by atoms with Gasteiger partial charge >= 0.3 is 0 Å². The minimum Gasteiger partial charge on any atom is -0.352 e. The molecule has 148 valence electrons. The van der Waals surface area contributed by atoms with Gasteiger partial charge in [-0.15, -0.1) is 0 Å². The molecule has 1 amide bonds. The molecule has 1 atom stereocenters. The minimum absolute atomic E-state index is 0.156. The van der Waals surface area contributed by atoms with Crippen LogP contribution in [0.4, 0.5) is 0 Å². The van der Waals surface area contributed by atoms with E-state index >= 15 is 0 Å². The zero-order chi connectivity index (χ0) is 19.0. The molecule has 2 fully saturated rings. The number of likely N-dealkylation sites (tertiary alicyclic amines) is 2. The Labute approximate surface area is 166 Å². The molecule has 0 radical (unpaired) electrons. The summed E-state index contributed by atoms with van der Waals surface area (Å²) in [7, 11) is 0. The predicted molar refractivity (Wildman–Crippen MR) is 106 cm³/mol. The molecule has 6 heteroatoms. The average molecular weight is 380 g/mol. The Morgan fingerprint density at radius 1 is 1.11 bits per heavy atom. The number of rotatable bonds is 3. The molecule has 1 aromatic carbocycles. The number of aromatic nitrogens is 2. The van der Waals surface area contributed by atoms with Crippen LogP contribution in [0.25, 0.3) is 0 Å². The molecular formula is C22H28N4O2. The second kappa shape index (κ2) is 7.33. The van der Waals surface area contributed by atoms with Crippen molar-refractivity contribution in [3.63, 3.8) is 0 Å². The number of nitrogens with zero attached hydrogens (tertiary/aromatic N) is 4. The van der Waals surface area contributed by atoms with Crippen LogP contribution in [0.3, 0.4) is 0 Å². The largest absolute Gasteiger partial charge is 0.352 e. The monoisotopic (exact) mass is 380 g/mol. The highest BCUT2D eigenvalue weighted by Gasteiger charge is 2.47. The molecule has 0 N–H and O–H groups in total. The highest BCUT2D eigenvalue weighted by Crippen LogP contribution is 2.40. The summed E-state index contributed by atoms with van der Waals surface area (Å²) in [6.07, 6.45) is 7.42. The second-order valence-corrected chi connectivity index (χ2v) is 8.30. The van der Waals surface area contributed by atoms with Gasteiger partial charge in [0.1, 0.15) is 11.4 Å². The summed E-state index contributed by atoms with van der Waals surface area (Å²) in [5.41, 5.74) is 0.904. The van der Waals surface area contributed by atoms with Gasteiger partial charge in [0.15, 0.2) is 6.10 Å². The Hall–Kier alpha value is -2.18. The maximum absolute atomic E-state index is 13.0. The zero-order valence-corrected chi connectivity index (χ0v) is 16.3. The molecule has 6 nitrogen and oxygen atoms in total. The Bertz CT molecular complexity index is 820. The van der Waals surface area contributed by atoms with Gasteiger partial charge in [0.25, 0.3) is 5.91 Å². The van der Waals surface area contributed by atoms with Crippen molar-refractivity contribution in [2.75, 3.05) is 26.2 Å². The lowest BCUT2D eigenvalue weighted by atomic mass is 9.88. The van der Waals surface area contributed by atoms with E-state index in [2.05, 4.69) is 44.8 Å². The quantitative estimate of drug-likeness (QED) is 0.821. The summed E-state index contributed by atoms with van der Waals surface area (Å²) >= 11 is 0. The molecule has 4 heterocycles. The van der Waals surface area contributed by atoms with Crippen LogP contribution < -0.4 is 0 Å². The standard InChI is InChI=1S/C22H28N4O2/c27-20(25-11-4-5-12-25)19-17-26-15-10-23-21(26)22(28-19)8-13-24(14-9-22)16-18-6-2-1-3-7-18/h1-3,6-7,10,15,19H,4-5,8-9,11-14,16-17H2/t19-/m1/s1. The van der Waals surface area contributed by atoms with Gasteiger partial charge in [-0.25, -0.2) is 4.98 Å². The van der Waals surface area contributed by atoms with Crippen molar-refractivity contribution in [1.82, 2.24) is 19.4 Å². The summed E-state index contributed by atoms with van der Waals surface area (Å²) in [5, 5.41) is 0. The summed E-state index contributed by atoms with van der Waals surface area (Å²) in [5.74, 6) is 1.15. The van der Waals surface area contributed by atoms with Gasteiger partial charge in [-0.3, -0.25) is 9.69 Å². The summed E-state index contributed by atoms with van der Waals surface area (Å²) in [6.45, 7) is 5.18. The molecule has 1 spiro atoms. The van der Waals surface area contributed by atoms with E-state index in [9.17, 15) is 4.79 Å². The first kappa shape index (κ1) is 17.9. The topological polar surface area (TPSA) is 50.6 Å². The molecular weight excluding hydrogens is 352 g/mol. The number of hydrogen-bond acceptors (Lipinski definition) is 4. The fourth-order valence-corrected chi connectivity index (χ4v) is 4.92. The summed E-state index contributed by atoms with van der Waals surface area (Å²) in [6, 6.07) is 10.6. The fourth-order valence-electron chi connectivity index (χ4n) is 4.92. The van der Waals surface area contributed by atoms with Gasteiger partial charge in [-0.1, -0.05) is 30.3 Å². The van der Waals surface area contributed by atoms with Gasteiger partial charge in [0.2, 0.25) is 0 Å². The number of amides is 1. The lowest BCUT2D eigenvalue weighted by Gasteiger charge is -2.46. The maximum Gasteiger partial charge on any atom is 0.253 e. The van der Waals surface area contributed by atoms with E-state index in [0.29, 0.717) is 6.54 Å². The van der Waals surface area contributed by atoms with Gasteiger partial charge in [0, 0.05) is 45.1 Å². The van der Waals surface area contributed by atoms with Crippen LogP contribution in [-0.4, -0.2) is 57.5 Å². The first-order valence-electron chi connectivity index (χ1n) is 10.5. The lowest BCUT2D eigenvalue weighted by Crippen LogP contribution is -2.54. The molecule has 0 saturated carbocycles. The summed E-state index contributed by atoms with van der Waals surface area (Å²) < 4.78 is 8.72. The zero-order valence-electron chi connectivity index (χ0n) is 16.3. The molecule has 1 aromatic heterocycles. The van der Waals surface area contributed by atoms with Crippen molar-refractivity contribution < 1.29 is 9.53 Å². The van der Waals surface area contributed by atoms with Crippen LogP contribution in [0.1, 0.15) is 37.1 Å². The van der Waals surface area contributed by atoms with Crippen LogP contribution >= 0.6 is 0 Å². The van der Waals surface area contributed by atoms with Crippen molar-refractivity contribution in [2.45, 2.75) is 50.5 Å². The number of imidazole rings is 1. The molecule has 0 aliphatic carbocycles. The fraction of sp³-hybridized carbons (Fsp3) is 0.545. The van der Waals surface area contributed by atoms with E-state index < -0.39 is 5.60 Å². The highest BCUT2D eigenvalue weighted by molar-refractivity contribution is 5.81. The Morgan fingerprint density at radius 3 is 2.61 bits per heavy atom. The highest BCUT2D eigenvalue weighted by atomic mass is 16.5. The number of piperidine rings is 1. The molecule has 2 saturated heterocycles. The smallest absolute Gasteiger partial charge is 0.253 e. The molecule has 3 aliphatic rings. The number of benzene rings is 1. The van der Waals surface area contributed by atoms with E-state index in [1.807, 2.05) is 17.3 Å². The van der Waals surface area contributed by atoms with Crippen molar-refractivity contribution in [2.24, 2.45) is 0 Å². The third kappa shape index (κ3) is 3.25. The first-order valence-corrected chi connectivity index (χ1v) is 10.5. The molecule has 2 aromatic rings. The van der Waals surface area contributed by atoms with Crippen molar-refractivity contribution in [3.05, 3.63) is 54.1 Å². The second-order valence-electron chi connectivity index (χ2n) is 8.30. The Balaban J connectivity index is 1.32. The molecule has 28 heavy (non-hydrogen) atoms. The lowest BCUT2D eigenvalue weighted by molar-refractivity contribution is -0.180. The third-order valence-corrected chi connectivity index (χ3v) is 6.46. The van der Waals surface area contributed by atoms with E-state index in [1.165, 1.54) is 5.56 Å². The van der Waals surface area contributed by atoms with Crippen molar-refractivity contribution in [3.8, 4) is 0 Å². The van der Waals surface area contributed by atoms with Gasteiger partial charge in [0.05, 0.1) is 6.54 Å². The Morgan fingerprint density at radius 2 is 1.86 bits per heavy atom. The number of fused-ring (bicyclic) bond motifs is 2. The van der Waals surface area contributed by atoms with Crippen molar-refractivity contribution >= 4 is 5.91 Å². The normalized spacial score (nSPS) is 24.4.